The normalized spacial score (nSPS) is 28.6. The van der Waals surface area contributed by atoms with E-state index in [1.807, 2.05) is 35.2 Å². The monoisotopic (exact) mass is 668 g/mol. The first kappa shape index (κ1) is 32.1. The fourth-order valence-corrected chi connectivity index (χ4v) is 8.55. The molecule has 0 aromatic heterocycles. The molecule has 1 amide bonds. The maximum Gasteiger partial charge on any atom is 0.246 e. The number of fused-ring (bicyclic) bond motifs is 3. The van der Waals surface area contributed by atoms with Crippen LogP contribution in [0.4, 0.5) is 8.78 Å². The van der Waals surface area contributed by atoms with Gasteiger partial charge in [-0.1, -0.05) is 48.5 Å². The number of benzene rings is 2. The second kappa shape index (κ2) is 12.8. The predicted octanol–water partition coefficient (Wildman–Crippen LogP) is 6.12. The number of nitriles is 2. The van der Waals surface area contributed by atoms with Crippen molar-refractivity contribution in [1.29, 1.82) is 10.5 Å². The number of nitrogens with zero attached hydrogens (tertiary/aromatic N) is 6. The summed E-state index contributed by atoms with van der Waals surface area (Å²) in [6.45, 7) is 5.86. The van der Waals surface area contributed by atoms with E-state index in [4.69, 9.17) is 21.3 Å². The molecule has 0 N–H and O–H groups in total. The molecule has 5 atom stereocenters. The van der Waals surface area contributed by atoms with Crippen LogP contribution in [0, 0.1) is 28.6 Å². The maximum atomic E-state index is 16.4. The zero-order chi connectivity index (χ0) is 33.6. The van der Waals surface area contributed by atoms with Crippen molar-refractivity contribution in [1.82, 2.24) is 14.7 Å². The fraction of sp³-hybridized carbons (Fsp3) is 0.405. The van der Waals surface area contributed by atoms with Crippen LogP contribution in [0.5, 0.6) is 0 Å². The number of dihydropyridines is 1. The van der Waals surface area contributed by atoms with Gasteiger partial charge in [-0.3, -0.25) is 9.69 Å². The maximum absolute atomic E-state index is 16.4. The number of carbonyl (C=O) groups excluding carboxylic acids is 1. The van der Waals surface area contributed by atoms with Gasteiger partial charge >= 0.3 is 0 Å². The van der Waals surface area contributed by atoms with Gasteiger partial charge in [-0.2, -0.15) is 10.5 Å². The number of alkyl halides is 1. The van der Waals surface area contributed by atoms with Gasteiger partial charge in [-0.05, 0) is 54.6 Å². The molecule has 7 rings (SSSR count). The highest BCUT2D eigenvalue weighted by Crippen LogP contribution is 2.45. The van der Waals surface area contributed by atoms with Gasteiger partial charge in [-0.15, -0.1) is 0 Å². The van der Waals surface area contributed by atoms with E-state index >= 15 is 4.39 Å². The molecule has 8 nitrogen and oxygen atoms in total. The molecular formula is C37H35ClF2N6O2. The number of allylic oxidation sites excluding steroid dienone is 2. The smallest absolute Gasteiger partial charge is 0.246 e. The Bertz CT molecular complexity index is 1890. The standard InChI is InChI=1S/C37H35ClF2N6O2/c1-2-33(47)46-15-14-44(21-25(46)10-12-41)35-28-16-31(40)27(26-8-3-6-23-7-4-9-30(38)34(23)26)17-32(28)43-36(29(35)19-42)48-22-37-11-5-13-45(37)20-24(39)18-37/h2-4,6-9,16-17,24-25,28,32H,1,5,10-11,13-15,18,20-22H2/t24-,25+,28?,32?,37+/m1/s1. The minimum absolute atomic E-state index is 0.0790. The van der Waals surface area contributed by atoms with Gasteiger partial charge < -0.3 is 14.5 Å². The molecule has 246 valence electrons. The summed E-state index contributed by atoms with van der Waals surface area (Å²) in [5, 5.41) is 22.3. The zero-order valence-electron chi connectivity index (χ0n) is 26.4. The van der Waals surface area contributed by atoms with E-state index in [1.165, 1.54) is 12.2 Å². The van der Waals surface area contributed by atoms with E-state index in [9.17, 15) is 19.7 Å². The van der Waals surface area contributed by atoms with Crippen LogP contribution in [0.1, 0.15) is 31.2 Å². The lowest BCUT2D eigenvalue weighted by Crippen LogP contribution is -2.56. The minimum atomic E-state index is -0.941. The molecule has 3 fully saturated rings. The van der Waals surface area contributed by atoms with E-state index in [0.29, 0.717) is 47.9 Å². The van der Waals surface area contributed by atoms with E-state index in [1.54, 1.807) is 17.0 Å². The predicted molar refractivity (Wildman–Crippen MR) is 180 cm³/mol. The van der Waals surface area contributed by atoms with Crippen LogP contribution < -0.4 is 0 Å². The molecule has 4 aliphatic heterocycles. The highest BCUT2D eigenvalue weighted by Gasteiger charge is 2.50. The number of hydrogen-bond donors (Lipinski definition) is 0. The summed E-state index contributed by atoms with van der Waals surface area (Å²) in [7, 11) is 0. The van der Waals surface area contributed by atoms with Crippen molar-refractivity contribution in [2.24, 2.45) is 10.9 Å². The summed E-state index contributed by atoms with van der Waals surface area (Å²) < 4.78 is 37.4. The molecule has 3 saturated heterocycles. The quantitative estimate of drug-likeness (QED) is 0.344. The van der Waals surface area contributed by atoms with Crippen LogP contribution in [0.25, 0.3) is 16.3 Å². The van der Waals surface area contributed by atoms with Crippen LogP contribution in [0.2, 0.25) is 5.02 Å². The van der Waals surface area contributed by atoms with Gasteiger partial charge in [-0.25, -0.2) is 13.8 Å². The summed E-state index contributed by atoms with van der Waals surface area (Å²) in [6, 6.07) is 14.6. The largest absolute Gasteiger partial charge is 0.475 e. The Morgan fingerprint density at radius 2 is 1.98 bits per heavy atom. The van der Waals surface area contributed by atoms with Crippen LogP contribution in [-0.2, 0) is 9.53 Å². The summed E-state index contributed by atoms with van der Waals surface area (Å²) in [5.41, 5.74) is 1.23. The molecule has 1 aliphatic carbocycles. The molecule has 11 heteroatoms. The lowest BCUT2D eigenvalue weighted by Gasteiger charge is -2.45. The summed E-state index contributed by atoms with van der Waals surface area (Å²) in [4.78, 5) is 23.3. The van der Waals surface area contributed by atoms with Gasteiger partial charge in [0.25, 0.3) is 0 Å². The topological polar surface area (TPSA) is 96.0 Å². The van der Waals surface area contributed by atoms with Crippen LogP contribution in [0.3, 0.4) is 0 Å². The molecule has 2 unspecified atom stereocenters. The number of hydrogen-bond acceptors (Lipinski definition) is 7. The Labute approximate surface area is 283 Å². The molecule has 0 saturated carbocycles. The zero-order valence-corrected chi connectivity index (χ0v) is 27.2. The van der Waals surface area contributed by atoms with Crippen LogP contribution in [0.15, 0.2) is 83.3 Å². The number of ether oxygens (including phenoxy) is 1. The van der Waals surface area contributed by atoms with Crippen molar-refractivity contribution in [3.05, 3.63) is 88.9 Å². The number of rotatable bonds is 6. The fourth-order valence-electron chi connectivity index (χ4n) is 8.27. The van der Waals surface area contributed by atoms with Crippen LogP contribution in [-0.4, -0.2) is 89.6 Å². The van der Waals surface area contributed by atoms with E-state index < -0.39 is 35.5 Å². The second-order valence-corrected chi connectivity index (χ2v) is 13.5. The van der Waals surface area contributed by atoms with Gasteiger partial charge in [0.2, 0.25) is 11.8 Å². The Balaban J connectivity index is 1.30. The Morgan fingerprint density at radius 1 is 1.17 bits per heavy atom. The number of halogens is 3. The third-order valence-corrected chi connectivity index (χ3v) is 10.8. The lowest BCUT2D eigenvalue weighted by atomic mass is 9.81. The first-order valence-electron chi connectivity index (χ1n) is 16.3. The van der Waals surface area contributed by atoms with Crippen LogP contribution >= 0.6 is 11.6 Å². The average molecular weight is 669 g/mol. The van der Waals surface area contributed by atoms with Crippen molar-refractivity contribution < 1.29 is 18.3 Å². The van der Waals surface area contributed by atoms with E-state index in [2.05, 4.69) is 23.6 Å². The van der Waals surface area contributed by atoms with E-state index in [0.717, 1.165) is 30.2 Å². The lowest BCUT2D eigenvalue weighted by molar-refractivity contribution is -0.130. The van der Waals surface area contributed by atoms with Gasteiger partial charge in [0.1, 0.15) is 30.2 Å². The third kappa shape index (κ3) is 5.47. The number of aliphatic imine (C=N–C) groups is 1. The molecule has 4 heterocycles. The van der Waals surface area contributed by atoms with Crippen molar-refractivity contribution in [3.8, 4) is 12.1 Å². The minimum Gasteiger partial charge on any atom is -0.475 e. The highest BCUT2D eigenvalue weighted by molar-refractivity contribution is 6.36. The molecule has 2 aromatic rings. The molecule has 5 aliphatic rings. The average Bonchev–Trinajstić information content (AvgIpc) is 3.61. The van der Waals surface area contributed by atoms with Gasteiger partial charge in [0.15, 0.2) is 0 Å². The summed E-state index contributed by atoms with van der Waals surface area (Å²) in [5.74, 6) is -1.24. The van der Waals surface area contributed by atoms with Crippen molar-refractivity contribution in [2.45, 2.75) is 49.5 Å². The Kier molecular flexibility index (Phi) is 8.57. The first-order chi connectivity index (χ1) is 23.3. The molecule has 48 heavy (non-hydrogen) atoms. The molecule has 2 aromatic carbocycles. The Morgan fingerprint density at radius 3 is 2.75 bits per heavy atom. The second-order valence-electron chi connectivity index (χ2n) is 13.1. The Hall–Kier alpha value is -4.51. The number of carbonyl (C=O) groups is 1. The highest BCUT2D eigenvalue weighted by atomic mass is 35.5. The third-order valence-electron chi connectivity index (χ3n) is 10.4. The SMILES string of the molecule is C=CC(=O)N1CCN(C2=C(C#N)C(OC[C@@]34CCCN3C[C@H](F)C4)=NC3C=C(c4cccc5cccc(Cl)c45)C(F)=CC23)C[C@@H]1CC#N. The number of piperazine rings is 1. The van der Waals surface area contributed by atoms with Crippen molar-refractivity contribution in [2.75, 3.05) is 39.3 Å². The van der Waals surface area contributed by atoms with Crippen molar-refractivity contribution in [3.63, 3.8) is 0 Å². The molecule has 0 bridgehead atoms. The first-order valence-corrected chi connectivity index (χ1v) is 16.7. The molecule has 0 spiro atoms. The number of amides is 1. The van der Waals surface area contributed by atoms with Crippen molar-refractivity contribution >= 4 is 39.8 Å². The van der Waals surface area contributed by atoms with E-state index in [-0.39, 0.29) is 37.0 Å². The summed E-state index contributed by atoms with van der Waals surface area (Å²) >= 11 is 6.64. The van der Waals surface area contributed by atoms with Gasteiger partial charge in [0, 0.05) is 60.2 Å². The molecular weight excluding hydrogens is 634 g/mol. The van der Waals surface area contributed by atoms with Gasteiger partial charge in [0.05, 0.1) is 30.1 Å². The summed E-state index contributed by atoms with van der Waals surface area (Å²) in [6.07, 6.45) is 5.74. The molecule has 0 radical (unpaired) electrons.